The number of para-hydroxylation sites is 1. The zero-order chi connectivity index (χ0) is 17.8. The second kappa shape index (κ2) is 7.95. The highest BCUT2D eigenvalue weighted by Gasteiger charge is 2.22. The lowest BCUT2D eigenvalue weighted by molar-refractivity contribution is -0.122. The number of halogens is 1. The minimum Gasteiger partial charge on any atom is -0.356 e. The lowest BCUT2D eigenvalue weighted by Crippen LogP contribution is -2.34. The van der Waals surface area contributed by atoms with Gasteiger partial charge in [0.25, 0.3) is 0 Å². The van der Waals surface area contributed by atoms with Crippen LogP contribution in [0, 0.1) is 17.7 Å². The first-order valence-corrected chi connectivity index (χ1v) is 9.13. The van der Waals surface area contributed by atoms with Crippen molar-refractivity contribution in [2.45, 2.75) is 32.6 Å². The smallest absolute Gasteiger partial charge is 0.220 e. The van der Waals surface area contributed by atoms with Gasteiger partial charge in [0.05, 0.1) is 5.52 Å². The number of amides is 1. The van der Waals surface area contributed by atoms with Crippen LogP contribution >= 0.6 is 0 Å². The quantitative estimate of drug-likeness (QED) is 0.844. The number of benzene rings is 1. The summed E-state index contributed by atoms with van der Waals surface area (Å²) >= 11 is 0. The predicted molar refractivity (Wildman–Crippen MR) is 96.8 cm³/mol. The fourth-order valence-electron chi connectivity index (χ4n) is 3.71. The van der Waals surface area contributed by atoms with Gasteiger partial charge in [-0.25, -0.2) is 9.37 Å². The second-order valence-electron chi connectivity index (χ2n) is 7.06. The summed E-state index contributed by atoms with van der Waals surface area (Å²) in [6.07, 6.45) is 3.47. The SMILES string of the molecule is CC(CC(=O)NCCc1nc2c(F)cccc2n1C)C1CCNCC1. The largest absolute Gasteiger partial charge is 0.356 e. The van der Waals surface area contributed by atoms with Crippen molar-refractivity contribution in [1.29, 1.82) is 0 Å². The molecule has 3 rings (SSSR count). The number of carbonyl (C=O) groups is 1. The Kier molecular flexibility index (Phi) is 5.68. The van der Waals surface area contributed by atoms with Crippen molar-refractivity contribution < 1.29 is 9.18 Å². The van der Waals surface area contributed by atoms with Crippen molar-refractivity contribution in [2.75, 3.05) is 19.6 Å². The Bertz CT molecular complexity index is 736. The molecule has 0 aliphatic carbocycles. The Hall–Kier alpha value is -1.95. The average molecular weight is 346 g/mol. The van der Waals surface area contributed by atoms with E-state index in [1.807, 2.05) is 17.7 Å². The molecule has 2 aromatic rings. The number of aryl methyl sites for hydroxylation is 1. The molecule has 1 aliphatic heterocycles. The first kappa shape index (κ1) is 17.9. The van der Waals surface area contributed by atoms with E-state index in [0.717, 1.165) is 37.3 Å². The number of piperidine rings is 1. The number of nitrogens with zero attached hydrogens (tertiary/aromatic N) is 2. The first-order valence-electron chi connectivity index (χ1n) is 9.13. The second-order valence-corrected chi connectivity index (χ2v) is 7.06. The summed E-state index contributed by atoms with van der Waals surface area (Å²) in [5.74, 6) is 1.61. The molecule has 25 heavy (non-hydrogen) atoms. The molecule has 2 N–H and O–H groups in total. The van der Waals surface area contributed by atoms with Crippen molar-refractivity contribution in [3.8, 4) is 0 Å². The third-order valence-corrected chi connectivity index (χ3v) is 5.32. The maximum Gasteiger partial charge on any atom is 0.220 e. The molecule has 2 heterocycles. The van der Waals surface area contributed by atoms with E-state index < -0.39 is 0 Å². The molecule has 1 amide bonds. The van der Waals surface area contributed by atoms with Crippen LogP contribution in [0.1, 0.15) is 32.0 Å². The molecule has 1 saturated heterocycles. The molecule has 0 bridgehead atoms. The first-order chi connectivity index (χ1) is 12.1. The summed E-state index contributed by atoms with van der Waals surface area (Å²) < 4.78 is 15.7. The highest BCUT2D eigenvalue weighted by atomic mass is 19.1. The zero-order valence-corrected chi connectivity index (χ0v) is 15.0. The van der Waals surface area contributed by atoms with Crippen molar-refractivity contribution in [3.63, 3.8) is 0 Å². The Morgan fingerprint density at radius 1 is 1.44 bits per heavy atom. The third-order valence-electron chi connectivity index (χ3n) is 5.32. The monoisotopic (exact) mass is 346 g/mol. The number of fused-ring (bicyclic) bond motifs is 1. The van der Waals surface area contributed by atoms with Gasteiger partial charge in [-0.2, -0.15) is 0 Å². The van der Waals surface area contributed by atoms with Crippen LogP contribution in [0.15, 0.2) is 18.2 Å². The van der Waals surface area contributed by atoms with E-state index in [2.05, 4.69) is 22.5 Å². The molecule has 6 heteroatoms. The van der Waals surface area contributed by atoms with E-state index in [-0.39, 0.29) is 11.7 Å². The standard InChI is InChI=1S/C19H27FN4O/c1-13(14-6-9-21-10-7-14)12-18(25)22-11-8-17-23-19-15(20)4-3-5-16(19)24(17)2/h3-5,13-14,21H,6-12H2,1-2H3,(H,22,25). The van der Waals surface area contributed by atoms with Gasteiger partial charge in [0.15, 0.2) is 5.82 Å². The topological polar surface area (TPSA) is 59.0 Å². The zero-order valence-electron chi connectivity index (χ0n) is 15.0. The van der Waals surface area contributed by atoms with Crippen LogP contribution in [0.3, 0.4) is 0 Å². The van der Waals surface area contributed by atoms with Gasteiger partial charge in [0, 0.05) is 26.4 Å². The van der Waals surface area contributed by atoms with Crippen LogP contribution in [-0.4, -0.2) is 35.1 Å². The molecule has 5 nitrogen and oxygen atoms in total. The highest BCUT2D eigenvalue weighted by molar-refractivity contribution is 5.77. The van der Waals surface area contributed by atoms with Crippen molar-refractivity contribution in [3.05, 3.63) is 29.8 Å². The normalized spacial score (nSPS) is 16.9. The highest BCUT2D eigenvalue weighted by Crippen LogP contribution is 2.24. The van der Waals surface area contributed by atoms with Crippen LogP contribution < -0.4 is 10.6 Å². The summed E-state index contributed by atoms with van der Waals surface area (Å²) in [7, 11) is 1.88. The van der Waals surface area contributed by atoms with Gasteiger partial charge in [-0.3, -0.25) is 4.79 Å². The molecule has 0 radical (unpaired) electrons. The predicted octanol–water partition coefficient (Wildman–Crippen LogP) is 2.40. The summed E-state index contributed by atoms with van der Waals surface area (Å²) in [5.41, 5.74) is 1.17. The number of carbonyl (C=O) groups excluding carboxylic acids is 1. The third kappa shape index (κ3) is 4.18. The van der Waals surface area contributed by atoms with Crippen LogP contribution in [0.2, 0.25) is 0 Å². The minimum absolute atomic E-state index is 0.0935. The minimum atomic E-state index is -0.306. The van der Waals surface area contributed by atoms with Crippen molar-refractivity contribution >= 4 is 16.9 Å². The van der Waals surface area contributed by atoms with Gasteiger partial charge in [-0.15, -0.1) is 0 Å². The number of imidazole rings is 1. The summed E-state index contributed by atoms with van der Waals surface area (Å²) in [6, 6.07) is 4.96. The molecular formula is C19H27FN4O. The maximum absolute atomic E-state index is 13.8. The Labute approximate surface area is 148 Å². The molecule has 1 aliphatic rings. The van der Waals surface area contributed by atoms with E-state index in [9.17, 15) is 9.18 Å². The van der Waals surface area contributed by atoms with Gasteiger partial charge < -0.3 is 15.2 Å². The number of aromatic nitrogens is 2. The number of rotatable bonds is 6. The Morgan fingerprint density at radius 3 is 2.92 bits per heavy atom. The van der Waals surface area contributed by atoms with Gasteiger partial charge >= 0.3 is 0 Å². The number of nitrogens with one attached hydrogen (secondary N) is 2. The molecule has 0 spiro atoms. The molecule has 1 fully saturated rings. The number of hydrogen-bond acceptors (Lipinski definition) is 3. The van der Waals surface area contributed by atoms with Crippen LogP contribution in [-0.2, 0) is 18.3 Å². The van der Waals surface area contributed by atoms with E-state index in [0.29, 0.717) is 36.7 Å². The van der Waals surface area contributed by atoms with Crippen LogP contribution in [0.5, 0.6) is 0 Å². The average Bonchev–Trinajstić information content (AvgIpc) is 2.93. The molecule has 136 valence electrons. The molecule has 0 saturated carbocycles. The van der Waals surface area contributed by atoms with Gasteiger partial charge in [0.1, 0.15) is 11.3 Å². The Morgan fingerprint density at radius 2 is 2.20 bits per heavy atom. The molecule has 1 unspecified atom stereocenters. The van der Waals surface area contributed by atoms with Crippen molar-refractivity contribution in [2.24, 2.45) is 18.9 Å². The summed E-state index contributed by atoms with van der Waals surface area (Å²) in [6.45, 7) is 4.81. The lowest BCUT2D eigenvalue weighted by Gasteiger charge is -2.27. The maximum atomic E-state index is 13.8. The molecule has 1 aromatic carbocycles. The molecule has 1 atom stereocenters. The van der Waals surface area contributed by atoms with Gasteiger partial charge in [-0.1, -0.05) is 13.0 Å². The molecule has 1 aromatic heterocycles. The van der Waals surface area contributed by atoms with Crippen LogP contribution in [0.4, 0.5) is 4.39 Å². The van der Waals surface area contributed by atoms with Crippen molar-refractivity contribution in [1.82, 2.24) is 20.2 Å². The number of hydrogen-bond donors (Lipinski definition) is 2. The van der Waals surface area contributed by atoms with E-state index in [1.54, 1.807) is 6.07 Å². The summed E-state index contributed by atoms with van der Waals surface area (Å²) in [4.78, 5) is 16.6. The lowest BCUT2D eigenvalue weighted by atomic mass is 9.84. The van der Waals surface area contributed by atoms with E-state index >= 15 is 0 Å². The summed E-state index contributed by atoms with van der Waals surface area (Å²) in [5, 5.41) is 6.34. The van der Waals surface area contributed by atoms with Gasteiger partial charge in [-0.05, 0) is 49.9 Å². The van der Waals surface area contributed by atoms with Crippen LogP contribution in [0.25, 0.3) is 11.0 Å². The molecular weight excluding hydrogens is 319 g/mol. The fraction of sp³-hybridized carbons (Fsp3) is 0.579. The van der Waals surface area contributed by atoms with Gasteiger partial charge in [0.2, 0.25) is 5.91 Å². The van der Waals surface area contributed by atoms with E-state index in [1.165, 1.54) is 6.07 Å². The van der Waals surface area contributed by atoms with E-state index in [4.69, 9.17) is 0 Å². The fourth-order valence-corrected chi connectivity index (χ4v) is 3.71. The Balaban J connectivity index is 1.50.